The lowest BCUT2D eigenvalue weighted by Gasteiger charge is -2.06. The van der Waals surface area contributed by atoms with E-state index < -0.39 is 17.5 Å². The van der Waals surface area contributed by atoms with Crippen molar-refractivity contribution in [2.75, 3.05) is 5.43 Å². The van der Waals surface area contributed by atoms with Crippen molar-refractivity contribution in [3.8, 4) is 0 Å². The molecule has 1 amide bonds. The van der Waals surface area contributed by atoms with Crippen LogP contribution in [0.3, 0.4) is 0 Å². The SMILES string of the molecule is NNc1cnc(C(=O)NCc2cc(F)ccc2F)cn1. The van der Waals surface area contributed by atoms with Gasteiger partial charge in [0.2, 0.25) is 0 Å². The van der Waals surface area contributed by atoms with E-state index in [-0.39, 0.29) is 17.8 Å². The van der Waals surface area contributed by atoms with Crippen LogP contribution in [0, 0.1) is 11.6 Å². The van der Waals surface area contributed by atoms with Gasteiger partial charge < -0.3 is 10.7 Å². The molecule has 1 heterocycles. The van der Waals surface area contributed by atoms with E-state index >= 15 is 0 Å². The summed E-state index contributed by atoms with van der Waals surface area (Å²) in [6, 6.07) is 3.02. The molecule has 0 spiro atoms. The Morgan fingerprint density at radius 1 is 1.25 bits per heavy atom. The molecule has 8 heteroatoms. The average Bonchev–Trinajstić information content (AvgIpc) is 2.48. The average molecular weight is 279 g/mol. The minimum Gasteiger partial charge on any atom is -0.346 e. The molecule has 0 aliphatic heterocycles. The van der Waals surface area contributed by atoms with Crippen LogP contribution >= 0.6 is 0 Å². The van der Waals surface area contributed by atoms with Gasteiger partial charge in [0.15, 0.2) is 5.82 Å². The maximum absolute atomic E-state index is 13.4. The van der Waals surface area contributed by atoms with Crippen molar-refractivity contribution in [1.29, 1.82) is 0 Å². The molecule has 0 saturated heterocycles. The van der Waals surface area contributed by atoms with Gasteiger partial charge in [-0.1, -0.05) is 0 Å². The summed E-state index contributed by atoms with van der Waals surface area (Å²) in [6.07, 6.45) is 2.49. The molecule has 20 heavy (non-hydrogen) atoms. The minimum atomic E-state index is -0.597. The number of halogens is 2. The predicted molar refractivity (Wildman–Crippen MR) is 67.4 cm³/mol. The van der Waals surface area contributed by atoms with Crippen LogP contribution in [0.4, 0.5) is 14.6 Å². The number of carbonyl (C=O) groups is 1. The smallest absolute Gasteiger partial charge is 0.271 e. The largest absolute Gasteiger partial charge is 0.346 e. The highest BCUT2D eigenvalue weighted by molar-refractivity contribution is 5.91. The number of aromatic nitrogens is 2. The van der Waals surface area contributed by atoms with Gasteiger partial charge in [-0.05, 0) is 18.2 Å². The zero-order valence-electron chi connectivity index (χ0n) is 10.2. The van der Waals surface area contributed by atoms with Gasteiger partial charge in [-0.2, -0.15) is 0 Å². The molecule has 6 nitrogen and oxygen atoms in total. The van der Waals surface area contributed by atoms with Crippen LogP contribution in [0.1, 0.15) is 16.1 Å². The predicted octanol–water partition coefficient (Wildman–Crippen LogP) is 0.970. The fourth-order valence-corrected chi connectivity index (χ4v) is 1.46. The summed E-state index contributed by atoms with van der Waals surface area (Å²) in [5.74, 6) is 3.69. The molecule has 1 aromatic carbocycles. The highest BCUT2D eigenvalue weighted by Gasteiger charge is 2.10. The van der Waals surface area contributed by atoms with Crippen LogP contribution in [-0.4, -0.2) is 15.9 Å². The zero-order valence-corrected chi connectivity index (χ0v) is 10.2. The molecule has 0 fully saturated rings. The zero-order chi connectivity index (χ0) is 14.5. The normalized spacial score (nSPS) is 10.2. The summed E-state index contributed by atoms with van der Waals surface area (Å²) < 4.78 is 26.3. The van der Waals surface area contributed by atoms with Gasteiger partial charge in [-0.3, -0.25) is 4.79 Å². The third-order valence-electron chi connectivity index (χ3n) is 2.48. The fraction of sp³-hybridized carbons (Fsp3) is 0.0833. The number of carbonyl (C=O) groups excluding carboxylic acids is 1. The van der Waals surface area contributed by atoms with Crippen LogP contribution < -0.4 is 16.6 Å². The fourth-order valence-electron chi connectivity index (χ4n) is 1.46. The van der Waals surface area contributed by atoms with E-state index in [1.165, 1.54) is 12.4 Å². The second-order valence-electron chi connectivity index (χ2n) is 3.85. The molecule has 1 aromatic heterocycles. The van der Waals surface area contributed by atoms with E-state index in [1.807, 2.05) is 0 Å². The number of nitrogen functional groups attached to an aromatic ring is 1. The number of hydrazine groups is 1. The van der Waals surface area contributed by atoms with Crippen molar-refractivity contribution < 1.29 is 13.6 Å². The second kappa shape index (κ2) is 6.02. The summed E-state index contributed by atoms with van der Waals surface area (Å²) in [5, 5.41) is 2.42. The molecular weight excluding hydrogens is 268 g/mol. The van der Waals surface area contributed by atoms with Gasteiger partial charge >= 0.3 is 0 Å². The van der Waals surface area contributed by atoms with Crippen molar-refractivity contribution in [2.45, 2.75) is 6.54 Å². The molecule has 0 bridgehead atoms. The molecule has 0 aliphatic rings. The Hall–Kier alpha value is -2.61. The number of nitrogens with zero attached hydrogens (tertiary/aromatic N) is 2. The molecule has 0 atom stereocenters. The number of hydrogen-bond donors (Lipinski definition) is 3. The number of amides is 1. The molecule has 2 aromatic rings. The summed E-state index contributed by atoms with van der Waals surface area (Å²) in [7, 11) is 0. The van der Waals surface area contributed by atoms with Crippen LogP contribution in [0.5, 0.6) is 0 Å². The molecule has 0 aliphatic carbocycles. The number of benzene rings is 1. The number of anilines is 1. The van der Waals surface area contributed by atoms with Gasteiger partial charge in [-0.15, -0.1) is 0 Å². The summed E-state index contributed by atoms with van der Waals surface area (Å²) in [6.45, 7) is -0.152. The van der Waals surface area contributed by atoms with Crippen LogP contribution in [0.2, 0.25) is 0 Å². The van der Waals surface area contributed by atoms with Crippen molar-refractivity contribution in [2.24, 2.45) is 5.84 Å². The first-order valence-corrected chi connectivity index (χ1v) is 5.61. The monoisotopic (exact) mass is 279 g/mol. The maximum Gasteiger partial charge on any atom is 0.271 e. The lowest BCUT2D eigenvalue weighted by atomic mass is 10.2. The van der Waals surface area contributed by atoms with Crippen LogP contribution in [-0.2, 0) is 6.54 Å². The Bertz CT molecular complexity index is 618. The lowest BCUT2D eigenvalue weighted by Crippen LogP contribution is -2.24. The summed E-state index contributed by atoms with van der Waals surface area (Å²) in [4.78, 5) is 19.4. The topological polar surface area (TPSA) is 92.9 Å². The van der Waals surface area contributed by atoms with E-state index in [0.717, 1.165) is 18.2 Å². The first-order valence-electron chi connectivity index (χ1n) is 5.61. The Morgan fingerprint density at radius 2 is 2.05 bits per heavy atom. The summed E-state index contributed by atoms with van der Waals surface area (Å²) in [5.41, 5.74) is 2.36. The Morgan fingerprint density at radius 3 is 2.70 bits per heavy atom. The molecule has 0 saturated carbocycles. The Labute approximate surface area is 113 Å². The van der Waals surface area contributed by atoms with Gasteiger partial charge in [-0.25, -0.2) is 24.6 Å². The summed E-state index contributed by atoms with van der Waals surface area (Å²) >= 11 is 0. The van der Waals surface area contributed by atoms with Crippen LogP contribution in [0.15, 0.2) is 30.6 Å². The molecule has 0 radical (unpaired) electrons. The van der Waals surface area contributed by atoms with Crippen molar-refractivity contribution in [1.82, 2.24) is 15.3 Å². The quantitative estimate of drug-likeness (QED) is 0.573. The maximum atomic E-state index is 13.4. The third kappa shape index (κ3) is 3.23. The van der Waals surface area contributed by atoms with Crippen molar-refractivity contribution in [3.63, 3.8) is 0 Å². The molecule has 2 rings (SSSR count). The first kappa shape index (κ1) is 13.8. The highest BCUT2D eigenvalue weighted by atomic mass is 19.1. The number of rotatable bonds is 4. The van der Waals surface area contributed by atoms with Crippen LogP contribution in [0.25, 0.3) is 0 Å². The molecule has 104 valence electrons. The third-order valence-corrected chi connectivity index (χ3v) is 2.48. The van der Waals surface area contributed by atoms with E-state index in [1.54, 1.807) is 0 Å². The standard InChI is InChI=1S/C12H11F2N5O/c13-8-1-2-9(14)7(3-8)4-18-12(20)10-5-17-11(19-15)6-16-10/h1-3,5-6H,4,15H2,(H,17,19)(H,18,20). The van der Waals surface area contributed by atoms with Gasteiger partial charge in [0.05, 0.1) is 12.4 Å². The van der Waals surface area contributed by atoms with Gasteiger partial charge in [0.25, 0.3) is 5.91 Å². The van der Waals surface area contributed by atoms with Crippen molar-refractivity contribution >= 4 is 11.7 Å². The number of nitrogens with two attached hydrogens (primary N) is 1. The van der Waals surface area contributed by atoms with E-state index in [0.29, 0.717) is 5.82 Å². The van der Waals surface area contributed by atoms with Gasteiger partial charge in [0.1, 0.15) is 17.3 Å². The van der Waals surface area contributed by atoms with Gasteiger partial charge in [0, 0.05) is 12.1 Å². The van der Waals surface area contributed by atoms with Crippen molar-refractivity contribution in [3.05, 3.63) is 53.5 Å². The second-order valence-corrected chi connectivity index (χ2v) is 3.85. The molecule has 0 unspecified atom stereocenters. The highest BCUT2D eigenvalue weighted by Crippen LogP contribution is 2.09. The number of hydrogen-bond acceptors (Lipinski definition) is 5. The molecular formula is C12H11F2N5O. The van der Waals surface area contributed by atoms with E-state index in [2.05, 4.69) is 20.7 Å². The van der Waals surface area contributed by atoms with E-state index in [4.69, 9.17) is 5.84 Å². The number of nitrogens with one attached hydrogen (secondary N) is 2. The Kier molecular flexibility index (Phi) is 4.16. The van der Waals surface area contributed by atoms with E-state index in [9.17, 15) is 13.6 Å². The first-order chi connectivity index (χ1) is 9.60. The minimum absolute atomic E-state index is 0.0424. The Balaban J connectivity index is 2.02. The lowest BCUT2D eigenvalue weighted by molar-refractivity contribution is 0.0945. The molecule has 4 N–H and O–H groups in total.